The van der Waals surface area contributed by atoms with Crippen molar-refractivity contribution in [2.24, 2.45) is 4.99 Å². The molecule has 0 saturated heterocycles. The van der Waals surface area contributed by atoms with Crippen molar-refractivity contribution in [3.05, 3.63) is 0 Å². The fraction of sp³-hybridized carbons (Fsp3) is 0.889. The highest BCUT2D eigenvalue weighted by Crippen LogP contribution is 1.82. The van der Waals surface area contributed by atoms with Gasteiger partial charge in [-0.15, -0.1) is 0 Å². The van der Waals surface area contributed by atoms with E-state index in [1.54, 1.807) is 0 Å². The van der Waals surface area contributed by atoms with Crippen molar-refractivity contribution in [1.29, 1.82) is 0 Å². The molecule has 0 spiro atoms. The van der Waals surface area contributed by atoms with Crippen LogP contribution in [0.5, 0.6) is 0 Å². The molecule has 0 atom stereocenters. The Balaban J connectivity index is 3.56. The largest absolute Gasteiger partial charge is 0.357 e. The maximum atomic E-state index is 4.28. The van der Waals surface area contributed by atoms with E-state index in [2.05, 4.69) is 29.5 Å². The van der Waals surface area contributed by atoms with Gasteiger partial charge >= 0.3 is 0 Å². The second-order valence-corrected chi connectivity index (χ2v) is 2.63. The first-order valence-electron chi connectivity index (χ1n) is 4.87. The number of hydrogen-bond donors (Lipinski definition) is 2. The molecule has 3 nitrogen and oxygen atoms in total. The van der Waals surface area contributed by atoms with Gasteiger partial charge in [0.15, 0.2) is 5.96 Å². The van der Waals surface area contributed by atoms with Crippen molar-refractivity contribution in [3.8, 4) is 0 Å². The van der Waals surface area contributed by atoms with Crippen molar-refractivity contribution in [1.82, 2.24) is 10.6 Å². The summed E-state index contributed by atoms with van der Waals surface area (Å²) in [5, 5.41) is 6.44. The quantitative estimate of drug-likeness (QED) is 0.372. The summed E-state index contributed by atoms with van der Waals surface area (Å²) < 4.78 is 0. The number of aliphatic imine (C=N–C) groups is 1. The van der Waals surface area contributed by atoms with Crippen LogP contribution in [0.1, 0.15) is 33.6 Å². The lowest BCUT2D eigenvalue weighted by Crippen LogP contribution is -2.37. The van der Waals surface area contributed by atoms with Gasteiger partial charge in [-0.25, -0.2) is 0 Å². The van der Waals surface area contributed by atoms with E-state index in [1.807, 2.05) is 6.92 Å². The van der Waals surface area contributed by atoms with Gasteiger partial charge in [0.05, 0.1) is 0 Å². The number of nitrogens with zero attached hydrogens (tertiary/aromatic N) is 1. The van der Waals surface area contributed by atoms with Crippen LogP contribution in [-0.2, 0) is 0 Å². The van der Waals surface area contributed by atoms with E-state index in [-0.39, 0.29) is 0 Å². The molecule has 0 aromatic carbocycles. The molecule has 0 heterocycles. The molecule has 0 rings (SSSR count). The second-order valence-electron chi connectivity index (χ2n) is 2.63. The number of nitrogens with one attached hydrogen (secondary N) is 2. The van der Waals surface area contributed by atoms with Gasteiger partial charge in [0.25, 0.3) is 0 Å². The summed E-state index contributed by atoms with van der Waals surface area (Å²) in [5.41, 5.74) is 0. The highest BCUT2D eigenvalue weighted by atomic mass is 15.2. The third-order valence-corrected chi connectivity index (χ3v) is 1.48. The summed E-state index contributed by atoms with van der Waals surface area (Å²) >= 11 is 0. The minimum atomic E-state index is 0.835. The van der Waals surface area contributed by atoms with Gasteiger partial charge in [-0.1, -0.05) is 13.3 Å². The first kappa shape index (κ1) is 11.3. The van der Waals surface area contributed by atoms with Crippen LogP contribution in [0.25, 0.3) is 0 Å². The minimum absolute atomic E-state index is 0.835. The van der Waals surface area contributed by atoms with Crippen LogP contribution in [0, 0.1) is 0 Å². The molecule has 0 aromatic rings. The normalized spacial score (nSPS) is 11.4. The number of rotatable bonds is 5. The summed E-state index contributed by atoms with van der Waals surface area (Å²) in [6.45, 7) is 9.08. The van der Waals surface area contributed by atoms with Gasteiger partial charge in [0.2, 0.25) is 0 Å². The monoisotopic (exact) mass is 171 g/mol. The molecule has 0 bridgehead atoms. The van der Waals surface area contributed by atoms with Crippen molar-refractivity contribution < 1.29 is 0 Å². The first-order chi connectivity index (χ1) is 5.85. The maximum Gasteiger partial charge on any atom is 0.191 e. The fourth-order valence-electron chi connectivity index (χ4n) is 0.883. The number of hydrogen-bond acceptors (Lipinski definition) is 1. The van der Waals surface area contributed by atoms with Gasteiger partial charge in [0.1, 0.15) is 0 Å². The summed E-state index contributed by atoms with van der Waals surface area (Å²) in [7, 11) is 0. The first-order valence-corrected chi connectivity index (χ1v) is 4.87. The van der Waals surface area contributed by atoms with Gasteiger partial charge in [-0.3, -0.25) is 4.99 Å². The third-order valence-electron chi connectivity index (χ3n) is 1.48. The Morgan fingerprint density at radius 1 is 1.17 bits per heavy atom. The summed E-state index contributed by atoms with van der Waals surface area (Å²) in [6.07, 6.45) is 2.42. The Kier molecular flexibility index (Phi) is 7.86. The molecule has 3 heteroatoms. The number of unbranched alkanes of at least 4 members (excludes halogenated alkanes) is 1. The van der Waals surface area contributed by atoms with E-state index in [0.717, 1.165) is 25.6 Å². The minimum Gasteiger partial charge on any atom is -0.357 e. The summed E-state index contributed by atoms with van der Waals surface area (Å²) in [6, 6.07) is 0. The molecule has 12 heavy (non-hydrogen) atoms. The Bertz CT molecular complexity index is 121. The lowest BCUT2D eigenvalue weighted by Gasteiger charge is -2.09. The predicted octanol–water partition coefficient (Wildman–Crippen LogP) is 1.36. The van der Waals surface area contributed by atoms with Crippen LogP contribution in [0.4, 0.5) is 0 Å². The van der Waals surface area contributed by atoms with E-state index in [0.29, 0.717) is 0 Å². The van der Waals surface area contributed by atoms with Crippen LogP contribution in [0.2, 0.25) is 0 Å². The molecule has 0 unspecified atom stereocenters. The van der Waals surface area contributed by atoms with Crippen molar-refractivity contribution in [3.63, 3.8) is 0 Å². The van der Waals surface area contributed by atoms with Crippen LogP contribution in [0.3, 0.4) is 0 Å². The standard InChI is InChI=1S/C9H21N3/c1-4-7-8-12-9(10-5-2)11-6-3/h4-8H2,1-3H3,(H2,10,11,12). The Hall–Kier alpha value is -0.730. The fourth-order valence-corrected chi connectivity index (χ4v) is 0.883. The van der Waals surface area contributed by atoms with E-state index >= 15 is 0 Å². The van der Waals surface area contributed by atoms with E-state index in [4.69, 9.17) is 0 Å². The topological polar surface area (TPSA) is 36.4 Å². The average molecular weight is 171 g/mol. The van der Waals surface area contributed by atoms with Gasteiger partial charge in [0, 0.05) is 19.6 Å². The van der Waals surface area contributed by atoms with Gasteiger partial charge < -0.3 is 10.6 Å². The predicted molar refractivity (Wildman–Crippen MR) is 54.6 cm³/mol. The second kappa shape index (κ2) is 8.37. The Labute approximate surface area is 75.7 Å². The third kappa shape index (κ3) is 6.01. The molecular formula is C9H21N3. The maximum absolute atomic E-state index is 4.28. The van der Waals surface area contributed by atoms with Gasteiger partial charge in [-0.2, -0.15) is 0 Å². The molecule has 0 saturated carbocycles. The Morgan fingerprint density at radius 2 is 1.92 bits per heavy atom. The molecule has 0 fully saturated rings. The smallest absolute Gasteiger partial charge is 0.191 e. The molecule has 0 aliphatic rings. The molecule has 0 aliphatic carbocycles. The average Bonchev–Trinajstić information content (AvgIpc) is 2.06. The highest BCUT2D eigenvalue weighted by Gasteiger charge is 1.92. The van der Waals surface area contributed by atoms with E-state index < -0.39 is 0 Å². The Morgan fingerprint density at radius 3 is 2.42 bits per heavy atom. The van der Waals surface area contributed by atoms with E-state index in [1.165, 1.54) is 12.8 Å². The van der Waals surface area contributed by atoms with Crippen LogP contribution in [-0.4, -0.2) is 25.6 Å². The van der Waals surface area contributed by atoms with Gasteiger partial charge in [-0.05, 0) is 20.3 Å². The molecule has 0 aromatic heterocycles. The molecule has 0 radical (unpaired) electrons. The lowest BCUT2D eigenvalue weighted by atomic mass is 10.3. The van der Waals surface area contributed by atoms with Crippen LogP contribution >= 0.6 is 0 Å². The molecule has 2 N–H and O–H groups in total. The summed E-state index contributed by atoms with van der Waals surface area (Å²) in [5.74, 6) is 0.938. The van der Waals surface area contributed by atoms with Crippen molar-refractivity contribution in [2.45, 2.75) is 33.6 Å². The molecule has 0 amide bonds. The number of guanidine groups is 1. The zero-order valence-corrected chi connectivity index (χ0v) is 8.48. The highest BCUT2D eigenvalue weighted by molar-refractivity contribution is 5.79. The SMILES string of the molecule is CCCCNC(=NCC)NCC. The zero-order valence-electron chi connectivity index (χ0n) is 8.48. The lowest BCUT2D eigenvalue weighted by molar-refractivity contribution is 0.731. The van der Waals surface area contributed by atoms with Crippen molar-refractivity contribution in [2.75, 3.05) is 19.6 Å². The van der Waals surface area contributed by atoms with Crippen LogP contribution < -0.4 is 10.6 Å². The zero-order chi connectivity index (χ0) is 9.23. The molecular weight excluding hydrogens is 150 g/mol. The van der Waals surface area contributed by atoms with Crippen LogP contribution in [0.15, 0.2) is 4.99 Å². The molecule has 0 aliphatic heterocycles. The van der Waals surface area contributed by atoms with Crippen molar-refractivity contribution >= 4 is 5.96 Å². The molecule has 72 valence electrons. The van der Waals surface area contributed by atoms with E-state index in [9.17, 15) is 0 Å². The summed E-state index contributed by atoms with van der Waals surface area (Å²) in [4.78, 5) is 4.28.